The summed E-state index contributed by atoms with van der Waals surface area (Å²) in [5.41, 5.74) is 2.22. The molecule has 13 heterocycles. The summed E-state index contributed by atoms with van der Waals surface area (Å²) in [5, 5.41) is 17.3. The minimum atomic E-state index is -0.435. The van der Waals surface area contributed by atoms with E-state index in [-0.39, 0.29) is 56.2 Å². The number of hydrogen-bond acceptors (Lipinski definition) is 21. The second-order valence-electron chi connectivity index (χ2n) is 38.8. The zero-order valence-electron chi connectivity index (χ0n) is 74.3. The summed E-state index contributed by atoms with van der Waals surface area (Å²) in [6, 6.07) is 9.56. The molecule has 0 spiro atoms. The van der Waals surface area contributed by atoms with Crippen LogP contribution in [0.25, 0.3) is 44.1 Å². The lowest BCUT2D eigenvalue weighted by Gasteiger charge is -2.45. The minimum Gasteiger partial charge on any atom is -0.444 e. The van der Waals surface area contributed by atoms with Crippen molar-refractivity contribution in [2.75, 3.05) is 108 Å². The molecule has 5 aliphatic carbocycles. The molecule has 8 aromatic heterocycles. The largest absolute Gasteiger partial charge is 0.444 e. The summed E-state index contributed by atoms with van der Waals surface area (Å²) in [6.45, 7) is 28.0. The molecule has 0 aromatic carbocycles. The number of carbonyl (C=O) groups is 5. The number of aliphatic hydroxyl groups is 1. The number of anilines is 3. The molecule has 676 valence electrons. The van der Waals surface area contributed by atoms with Crippen LogP contribution in [-0.4, -0.2) is 243 Å². The second-order valence-corrected chi connectivity index (χ2v) is 39.2. The highest BCUT2D eigenvalue weighted by atomic mass is 35.5. The number of aromatic nitrogens is 12. The smallest absolute Gasteiger partial charge is 0.410 e. The van der Waals surface area contributed by atoms with Gasteiger partial charge in [-0.15, -0.1) is 12.4 Å². The number of fused-ring (bicyclic) bond motifs is 9. The van der Waals surface area contributed by atoms with Gasteiger partial charge in [-0.2, -0.15) is 0 Å². The van der Waals surface area contributed by atoms with E-state index in [1.807, 2.05) is 119 Å². The van der Waals surface area contributed by atoms with E-state index in [1.54, 1.807) is 25.2 Å². The number of halogens is 2. The Morgan fingerprint density at radius 1 is 0.447 bits per heavy atom. The van der Waals surface area contributed by atoms with Gasteiger partial charge in [0.15, 0.2) is 0 Å². The highest BCUT2D eigenvalue weighted by Crippen LogP contribution is 2.45. The van der Waals surface area contributed by atoms with Gasteiger partial charge in [0, 0.05) is 129 Å². The van der Waals surface area contributed by atoms with E-state index in [2.05, 4.69) is 114 Å². The quantitative estimate of drug-likeness (QED) is 0.0608. The Labute approximate surface area is 738 Å². The fraction of sp³-hybridized carbons (Fsp3) is 0.685. The molecule has 5 saturated heterocycles. The van der Waals surface area contributed by atoms with Gasteiger partial charge in [0.1, 0.15) is 99.7 Å². The first kappa shape index (κ1) is 95.0. The Kier molecular flexibility index (Phi) is 32.9. The molecule has 10 fully saturated rings. The molecular weight excluding hydrogens is 1600 g/mol. The minimum absolute atomic E-state index is 0. The molecule has 10 aliphatic rings. The molecule has 4 unspecified atom stereocenters. The van der Waals surface area contributed by atoms with Crippen LogP contribution in [0.2, 0.25) is 5.15 Å². The van der Waals surface area contributed by atoms with E-state index in [1.165, 1.54) is 77.2 Å². The van der Waals surface area contributed by atoms with Crippen LogP contribution in [0.5, 0.6) is 0 Å². The third-order valence-corrected chi connectivity index (χ3v) is 27.8. The van der Waals surface area contributed by atoms with Crippen molar-refractivity contribution in [2.45, 2.75) is 246 Å². The number of H-pyrrole nitrogens is 4. The van der Waals surface area contributed by atoms with Gasteiger partial charge in [-0.05, 0) is 274 Å². The van der Waals surface area contributed by atoms with Crippen molar-refractivity contribution in [3.63, 3.8) is 0 Å². The van der Waals surface area contributed by atoms with E-state index in [0.29, 0.717) is 83.3 Å². The monoisotopic (exact) mass is 1740 g/mol. The number of aliphatic hydroxyl groups excluding tert-OH is 1. The number of hydrogen-bond donors (Lipinski definition) is 6. The summed E-state index contributed by atoms with van der Waals surface area (Å²) in [6.07, 6.45) is 37.3. The molecule has 5 aliphatic heterocycles. The van der Waals surface area contributed by atoms with E-state index in [0.717, 1.165) is 202 Å². The van der Waals surface area contributed by atoms with Crippen molar-refractivity contribution >= 4 is 116 Å². The van der Waals surface area contributed by atoms with E-state index >= 15 is 0 Å². The van der Waals surface area contributed by atoms with Crippen molar-refractivity contribution in [1.29, 1.82) is 0 Å². The Morgan fingerprint density at radius 2 is 0.797 bits per heavy atom. The number of nitrogens with zero attached hydrogens (tertiary/aromatic N) is 15. The van der Waals surface area contributed by atoms with Gasteiger partial charge in [0.25, 0.3) is 0 Å². The number of amides is 4. The molecule has 8 aromatic rings. The maximum Gasteiger partial charge on any atom is 0.410 e. The standard InChI is InChI=1S/C21H31N5O2.C18H25N5O2.C16H23N5.C16H29NO2.C14H23NO3.C6H4ClN3.CH4.ClH/c1-21(2,3)28-20(27)26-10-8-14-11-16(6-5-15(14)12-26)25(4)19-17-7-9-22-18(17)23-13-24-19;1-22(18-15-4-6-19-17(15)20-11-21-18)14-3-2-13-9-23(16(25)10-24)7-5-12(13)8-14;1-21(16-14-5-7-18-15(14)19-10-20-16)13-3-2-12-9-17-6-4-11(12)8-13;1-5-12-6-7-14-11-17(9-8-13(14)10-12)15(18)19-16(2,3)4;1-14(2,3)18-13(17)15-7-6-10-8-12(16)5-4-11(10)9-15;7-5-4-1-2-8-6(4)10-3-9-5;;/h7,9,13-16H,5-6,8,10-12H2,1-4H3,(H,22,23,24);4,6,11-14,24H,2-3,5,7-10H2,1H3,(H,19,20,21);5,7,10-13,17H,2-4,6,8-9H2,1H3,(H,18,19,20);12-14H,5-11H2,1-4H3;10-11H,4-9H2,1-3H3;1-3H,(H,8,9,10);1H4;1H/t14-,15-,16?;12-,13-,14?;11-,12-,13?;12?,13-,14-;10-,11-;;;/m00011.../s1. The van der Waals surface area contributed by atoms with E-state index < -0.39 is 11.2 Å². The van der Waals surface area contributed by atoms with E-state index in [9.17, 15) is 24.0 Å². The van der Waals surface area contributed by atoms with Crippen molar-refractivity contribution in [1.82, 2.24) is 84.7 Å². The predicted octanol–water partition coefficient (Wildman–Crippen LogP) is 16.7. The molecule has 31 heteroatoms. The lowest BCUT2D eigenvalue weighted by atomic mass is 9.70. The fourth-order valence-corrected chi connectivity index (χ4v) is 21.0. The van der Waals surface area contributed by atoms with Gasteiger partial charge >= 0.3 is 18.3 Å². The van der Waals surface area contributed by atoms with Gasteiger partial charge in [-0.3, -0.25) is 9.59 Å². The fourth-order valence-electron chi connectivity index (χ4n) is 20.8. The third kappa shape index (κ3) is 24.7. The van der Waals surface area contributed by atoms with Crippen molar-refractivity contribution in [2.24, 2.45) is 65.1 Å². The van der Waals surface area contributed by atoms with Crippen molar-refractivity contribution < 1.29 is 43.3 Å². The number of ether oxygens (including phenoxy) is 3. The summed E-state index contributed by atoms with van der Waals surface area (Å²) < 4.78 is 16.5. The highest BCUT2D eigenvalue weighted by molar-refractivity contribution is 6.33. The van der Waals surface area contributed by atoms with Gasteiger partial charge in [-0.25, -0.2) is 54.3 Å². The van der Waals surface area contributed by atoms with Crippen LogP contribution in [0.3, 0.4) is 0 Å². The Morgan fingerprint density at radius 3 is 1.20 bits per heavy atom. The highest BCUT2D eigenvalue weighted by Gasteiger charge is 2.43. The van der Waals surface area contributed by atoms with Crippen LogP contribution in [0.15, 0.2) is 74.4 Å². The zero-order valence-corrected chi connectivity index (χ0v) is 75.9. The number of nitrogens with one attached hydrogen (secondary N) is 5. The molecule has 0 bridgehead atoms. The maximum atomic E-state index is 12.4. The summed E-state index contributed by atoms with van der Waals surface area (Å²) in [5.74, 6) is 11.0. The van der Waals surface area contributed by atoms with Gasteiger partial charge in [0.2, 0.25) is 5.91 Å². The molecule has 14 atom stereocenters. The average Bonchev–Trinajstić information content (AvgIpc) is 1.78. The number of Topliss-reactive ketones (excluding diaryl/α,β-unsaturated/α-hetero) is 1. The molecule has 5 saturated carbocycles. The topological polar surface area (TPSA) is 334 Å². The molecule has 123 heavy (non-hydrogen) atoms. The zero-order chi connectivity index (χ0) is 85.9. The summed E-state index contributed by atoms with van der Waals surface area (Å²) in [4.78, 5) is 121. The number of likely N-dealkylation sites (tertiary alicyclic amines) is 4. The number of piperidine rings is 5. The number of aromatic amines is 4. The van der Waals surface area contributed by atoms with E-state index in [4.69, 9.17) is 30.9 Å². The van der Waals surface area contributed by atoms with Gasteiger partial charge in [0.05, 0.1) is 21.5 Å². The summed E-state index contributed by atoms with van der Waals surface area (Å²) >= 11 is 5.73. The first-order chi connectivity index (χ1) is 57.9. The van der Waals surface area contributed by atoms with Crippen LogP contribution < -0.4 is 20.0 Å². The third-order valence-electron chi connectivity index (χ3n) is 27.5. The first-order valence-electron chi connectivity index (χ1n) is 44.9. The second kappa shape index (κ2) is 42.5. The number of ketones is 1. The molecule has 6 N–H and O–H groups in total. The molecular formula is C92H140Cl2N20O9. The van der Waals surface area contributed by atoms with Crippen molar-refractivity contribution in [3.8, 4) is 0 Å². The molecule has 4 amide bonds. The number of rotatable bonds is 8. The number of carbonyl (C=O) groups excluding carboxylic acids is 5. The molecule has 0 radical (unpaired) electrons. The maximum absolute atomic E-state index is 12.4. The predicted molar refractivity (Wildman–Crippen MR) is 487 cm³/mol. The van der Waals surface area contributed by atoms with Crippen LogP contribution in [0.4, 0.5) is 31.8 Å². The first-order valence-corrected chi connectivity index (χ1v) is 45.3. The van der Waals surface area contributed by atoms with Crippen molar-refractivity contribution in [3.05, 3.63) is 79.5 Å². The van der Waals surface area contributed by atoms with Crippen LogP contribution in [-0.2, 0) is 23.8 Å². The SMILES string of the molecule is C.CC(C)(C)OC(=O)N1CC[C@@H]2CC(=O)CC[C@@H]2C1.CCC1CC[C@@H]2CN(C(=O)OC(C)(C)C)CC[C@@H]2C1.CN(c1ncnc2[nH]ccc12)C1CC[C@H]2CN(C(=O)CO)CC[C@H]2C1.CN(c1ncnc2[nH]ccc12)C1CC[C@H]2CN(C(=O)OC(C)(C)C)CC[C@H]2C1.CN(c1ncnc2[nH]ccc12)C1CC[C@H]2CNCC[C@H]2C1.Cl.Clc1ncnc2[nH]ccc12. The van der Waals surface area contributed by atoms with Crippen LogP contribution in [0, 0.1) is 65.1 Å². The Balaban J connectivity index is 0.000000146. The lowest BCUT2D eigenvalue weighted by molar-refractivity contribution is -0.137. The Hall–Kier alpha value is -8.67. The van der Waals surface area contributed by atoms with Gasteiger partial charge in [-0.1, -0.05) is 38.8 Å². The molecule has 29 nitrogen and oxygen atoms in total. The summed E-state index contributed by atoms with van der Waals surface area (Å²) in [7, 11) is 6.47. The average molecular weight is 1740 g/mol. The van der Waals surface area contributed by atoms with Crippen LogP contribution in [0.1, 0.15) is 212 Å². The normalized spacial score (nSPS) is 26.2. The Bertz CT molecular complexity index is 4730. The van der Waals surface area contributed by atoms with Gasteiger partial charge < -0.3 is 78.9 Å². The van der Waals surface area contributed by atoms with Crippen LogP contribution >= 0.6 is 24.0 Å². The lowest BCUT2D eigenvalue weighted by Crippen LogP contribution is -2.49. The molecule has 18 rings (SSSR count).